The van der Waals surface area contributed by atoms with Gasteiger partial charge < -0.3 is 10.8 Å². The van der Waals surface area contributed by atoms with Gasteiger partial charge in [-0.1, -0.05) is 12.2 Å². The van der Waals surface area contributed by atoms with Crippen molar-refractivity contribution in [3.63, 3.8) is 0 Å². The zero-order valence-corrected chi connectivity index (χ0v) is 7.31. The Bertz CT molecular complexity index is 312. The number of rotatable bonds is 2. The van der Waals surface area contributed by atoms with Crippen LogP contribution in [0.5, 0.6) is 0 Å². The number of hydrogen-bond donors (Lipinski definition) is 2. The number of hydrogen-bond acceptors (Lipinski definition) is 2. The van der Waals surface area contributed by atoms with Gasteiger partial charge in [-0.25, -0.2) is 0 Å². The van der Waals surface area contributed by atoms with Crippen LogP contribution < -0.4 is 5.73 Å². The third-order valence-electron chi connectivity index (χ3n) is 4.34. The van der Waals surface area contributed by atoms with Gasteiger partial charge in [0, 0.05) is 5.41 Å². The molecule has 3 rings (SSSR count). The normalized spacial score (nSPS) is 55.2. The molecule has 0 aromatic carbocycles. The van der Waals surface area contributed by atoms with Crippen LogP contribution in [-0.2, 0) is 4.79 Å². The second-order valence-corrected chi connectivity index (χ2v) is 4.55. The fourth-order valence-electron chi connectivity index (χ4n) is 3.80. The van der Waals surface area contributed by atoms with Crippen molar-refractivity contribution in [2.75, 3.05) is 6.54 Å². The highest BCUT2D eigenvalue weighted by atomic mass is 16.4. The van der Waals surface area contributed by atoms with Crippen LogP contribution in [0.25, 0.3) is 0 Å². The van der Waals surface area contributed by atoms with Gasteiger partial charge in [-0.05, 0) is 30.7 Å². The van der Waals surface area contributed by atoms with Crippen molar-refractivity contribution in [2.45, 2.75) is 6.42 Å². The molecule has 5 atom stereocenters. The number of carboxylic acids is 1. The Morgan fingerprint density at radius 3 is 2.92 bits per heavy atom. The number of nitrogens with two attached hydrogens (primary N) is 1. The molecule has 2 saturated carbocycles. The lowest BCUT2D eigenvalue weighted by atomic mass is 9.88. The first-order valence-electron chi connectivity index (χ1n) is 4.83. The molecule has 70 valence electrons. The van der Waals surface area contributed by atoms with Crippen LogP contribution in [0.2, 0.25) is 0 Å². The molecule has 0 aromatic heterocycles. The summed E-state index contributed by atoms with van der Waals surface area (Å²) in [7, 11) is 0. The average molecular weight is 179 g/mol. The monoisotopic (exact) mass is 179 g/mol. The molecule has 2 bridgehead atoms. The van der Waals surface area contributed by atoms with E-state index in [1.54, 1.807) is 0 Å². The van der Waals surface area contributed by atoms with Crippen molar-refractivity contribution in [3.8, 4) is 0 Å². The number of aliphatic carboxylic acids is 1. The standard InChI is InChI=1S/C10H13NO2/c11-4-10-6-2-1-5(3-6)7(10)8(10)9(12)13/h1-2,5-8H,3-4,11H2,(H,12,13)/t5?,6?,7?,8?,10-/m0/s1. The van der Waals surface area contributed by atoms with Crippen LogP contribution in [-0.4, -0.2) is 17.6 Å². The molecule has 0 aromatic rings. The van der Waals surface area contributed by atoms with E-state index in [1.165, 1.54) is 0 Å². The summed E-state index contributed by atoms with van der Waals surface area (Å²) in [6.07, 6.45) is 5.51. The summed E-state index contributed by atoms with van der Waals surface area (Å²) in [5, 5.41) is 9.04. The SMILES string of the molecule is NC[C@]12C3C=CC(C3)C1C2C(=O)O. The molecule has 3 heteroatoms. The fraction of sp³-hybridized carbons (Fsp3) is 0.700. The number of carboxylic acid groups (broad SMARTS) is 1. The van der Waals surface area contributed by atoms with E-state index in [4.69, 9.17) is 10.8 Å². The summed E-state index contributed by atoms with van der Waals surface area (Å²) in [6, 6.07) is 0. The highest BCUT2D eigenvalue weighted by molar-refractivity contribution is 5.77. The van der Waals surface area contributed by atoms with Crippen LogP contribution in [0.3, 0.4) is 0 Å². The number of carbonyl (C=O) groups is 1. The maximum atomic E-state index is 11.0. The van der Waals surface area contributed by atoms with Gasteiger partial charge in [0.05, 0.1) is 5.92 Å². The molecule has 3 nitrogen and oxygen atoms in total. The van der Waals surface area contributed by atoms with E-state index in [0.29, 0.717) is 24.3 Å². The molecule has 0 heterocycles. The van der Waals surface area contributed by atoms with Gasteiger partial charge in [-0.3, -0.25) is 4.79 Å². The molecule has 0 saturated heterocycles. The summed E-state index contributed by atoms with van der Waals surface area (Å²) in [5.74, 6) is 0.512. The molecule has 4 unspecified atom stereocenters. The minimum atomic E-state index is -0.645. The molecular weight excluding hydrogens is 166 g/mol. The van der Waals surface area contributed by atoms with E-state index in [2.05, 4.69) is 12.2 Å². The van der Waals surface area contributed by atoms with Crippen molar-refractivity contribution in [1.29, 1.82) is 0 Å². The van der Waals surface area contributed by atoms with Crippen LogP contribution in [0.15, 0.2) is 12.2 Å². The van der Waals surface area contributed by atoms with Gasteiger partial charge in [0.25, 0.3) is 0 Å². The largest absolute Gasteiger partial charge is 0.481 e. The van der Waals surface area contributed by atoms with Crippen molar-refractivity contribution >= 4 is 5.97 Å². The molecule has 13 heavy (non-hydrogen) atoms. The van der Waals surface area contributed by atoms with E-state index in [0.717, 1.165) is 6.42 Å². The number of allylic oxidation sites excluding steroid dienone is 2. The quantitative estimate of drug-likeness (QED) is 0.605. The Kier molecular flexibility index (Phi) is 1.15. The molecule has 3 aliphatic carbocycles. The summed E-state index contributed by atoms with van der Waals surface area (Å²) in [5.41, 5.74) is 5.68. The van der Waals surface area contributed by atoms with E-state index in [1.807, 2.05) is 0 Å². The number of fused-ring (bicyclic) bond motifs is 5. The molecule has 0 aliphatic heterocycles. The van der Waals surface area contributed by atoms with Gasteiger partial charge in [-0.2, -0.15) is 0 Å². The van der Waals surface area contributed by atoms with E-state index < -0.39 is 5.97 Å². The molecule has 0 radical (unpaired) electrons. The van der Waals surface area contributed by atoms with Crippen LogP contribution in [0.4, 0.5) is 0 Å². The van der Waals surface area contributed by atoms with E-state index in [9.17, 15) is 4.79 Å². The van der Waals surface area contributed by atoms with E-state index in [-0.39, 0.29) is 11.3 Å². The Hall–Kier alpha value is -0.830. The van der Waals surface area contributed by atoms with Gasteiger partial charge in [0.1, 0.15) is 0 Å². The first-order chi connectivity index (χ1) is 6.21. The van der Waals surface area contributed by atoms with Crippen molar-refractivity contribution in [1.82, 2.24) is 0 Å². The second-order valence-electron chi connectivity index (χ2n) is 4.55. The molecule has 0 amide bonds. The van der Waals surface area contributed by atoms with Crippen molar-refractivity contribution in [3.05, 3.63) is 12.2 Å². The minimum Gasteiger partial charge on any atom is -0.481 e. The highest BCUT2D eigenvalue weighted by Crippen LogP contribution is 2.75. The molecule has 2 fully saturated rings. The van der Waals surface area contributed by atoms with Crippen molar-refractivity contribution in [2.24, 2.45) is 34.8 Å². The molecule has 0 spiro atoms. The van der Waals surface area contributed by atoms with Gasteiger partial charge in [0.15, 0.2) is 0 Å². The van der Waals surface area contributed by atoms with Gasteiger partial charge in [0.2, 0.25) is 0 Å². The van der Waals surface area contributed by atoms with E-state index >= 15 is 0 Å². The zero-order chi connectivity index (χ0) is 9.22. The fourth-order valence-corrected chi connectivity index (χ4v) is 3.80. The third kappa shape index (κ3) is 0.612. The first-order valence-corrected chi connectivity index (χ1v) is 4.83. The Balaban J connectivity index is 1.99. The lowest BCUT2D eigenvalue weighted by molar-refractivity contribution is -0.140. The predicted octanol–water partition coefficient (Wildman–Crippen LogP) is 0.468. The average Bonchev–Trinajstić information content (AvgIpc) is 2.45. The van der Waals surface area contributed by atoms with Crippen molar-refractivity contribution < 1.29 is 9.90 Å². The predicted molar refractivity (Wildman–Crippen MR) is 46.8 cm³/mol. The third-order valence-corrected chi connectivity index (χ3v) is 4.34. The summed E-state index contributed by atoms with van der Waals surface area (Å²) in [6.45, 7) is 0.542. The second kappa shape index (κ2) is 1.98. The highest BCUT2D eigenvalue weighted by Gasteiger charge is 2.77. The Labute approximate surface area is 76.6 Å². The minimum absolute atomic E-state index is 0.0503. The topological polar surface area (TPSA) is 63.3 Å². The maximum Gasteiger partial charge on any atom is 0.307 e. The summed E-state index contributed by atoms with van der Waals surface area (Å²) in [4.78, 5) is 11.0. The summed E-state index contributed by atoms with van der Waals surface area (Å²) < 4.78 is 0. The zero-order valence-electron chi connectivity index (χ0n) is 7.31. The smallest absolute Gasteiger partial charge is 0.307 e. The molecule has 3 N–H and O–H groups in total. The van der Waals surface area contributed by atoms with Crippen LogP contribution in [0, 0.1) is 29.1 Å². The molecule has 3 aliphatic rings. The maximum absolute atomic E-state index is 11.0. The first kappa shape index (κ1) is 7.56. The molecular formula is C10H13NO2. The Morgan fingerprint density at radius 2 is 2.38 bits per heavy atom. The van der Waals surface area contributed by atoms with Crippen LogP contribution in [0.1, 0.15) is 6.42 Å². The summed E-state index contributed by atoms with van der Waals surface area (Å²) >= 11 is 0. The lowest BCUT2D eigenvalue weighted by Gasteiger charge is -2.18. The van der Waals surface area contributed by atoms with Crippen LogP contribution >= 0.6 is 0 Å². The van der Waals surface area contributed by atoms with Gasteiger partial charge in [-0.15, -0.1) is 0 Å². The lowest BCUT2D eigenvalue weighted by Crippen LogP contribution is -2.26. The Morgan fingerprint density at radius 1 is 1.62 bits per heavy atom. The van der Waals surface area contributed by atoms with Gasteiger partial charge >= 0.3 is 5.97 Å².